The molecule has 0 spiro atoms. The number of nitrogens with one attached hydrogen (secondary N) is 2. The number of nitrogens with zero attached hydrogens (tertiary/aromatic N) is 2. The second-order valence-corrected chi connectivity index (χ2v) is 6.34. The van der Waals surface area contributed by atoms with E-state index in [0.29, 0.717) is 11.4 Å². The Bertz CT molecular complexity index is 868. The molecule has 0 bridgehead atoms. The van der Waals surface area contributed by atoms with E-state index in [9.17, 15) is 14.4 Å². The monoisotopic (exact) mass is 356 g/mol. The fourth-order valence-electron chi connectivity index (χ4n) is 2.59. The summed E-state index contributed by atoms with van der Waals surface area (Å²) in [7, 11) is 0. The average Bonchev–Trinajstić information content (AvgIpc) is 2.81. The highest BCUT2D eigenvalue weighted by Crippen LogP contribution is 2.26. The molecule has 0 radical (unpaired) electrons. The third-order valence-electron chi connectivity index (χ3n) is 4.17. The second-order valence-electron chi connectivity index (χ2n) is 5.94. The van der Waals surface area contributed by atoms with Gasteiger partial charge in [-0.15, -0.1) is 0 Å². The lowest BCUT2D eigenvalue weighted by Crippen LogP contribution is -2.55. The Kier molecular flexibility index (Phi) is 4.22. The third kappa shape index (κ3) is 3.08. The minimum atomic E-state index is -1.13. The number of thiocarbonyl (C=S) groups is 1. The predicted molar refractivity (Wildman–Crippen MR) is 97.0 cm³/mol. The summed E-state index contributed by atoms with van der Waals surface area (Å²) in [6, 6.07) is 5.58. The predicted octanol–water partition coefficient (Wildman–Crippen LogP) is 1.10. The number of benzene rings is 1. The summed E-state index contributed by atoms with van der Waals surface area (Å²) in [5.41, 5.74) is 3.45. The van der Waals surface area contributed by atoms with Crippen molar-refractivity contribution in [1.82, 2.24) is 10.6 Å². The SMILES string of the molecule is CC1=NN(c2ccc(C)c(C)c2)C(=O)/C1=C\C1C(=O)NC(=S)NC1=O. The fraction of sp³-hybridized carbons (Fsp3) is 0.235. The molecule has 1 fully saturated rings. The molecule has 2 aliphatic heterocycles. The molecular formula is C17H16N4O3S. The van der Waals surface area contributed by atoms with Crippen molar-refractivity contribution < 1.29 is 14.4 Å². The molecule has 7 nitrogen and oxygen atoms in total. The van der Waals surface area contributed by atoms with Crippen molar-refractivity contribution in [1.29, 1.82) is 0 Å². The Morgan fingerprint density at radius 2 is 1.72 bits per heavy atom. The van der Waals surface area contributed by atoms with Crippen molar-refractivity contribution in [2.75, 3.05) is 5.01 Å². The molecule has 8 heteroatoms. The number of amides is 3. The largest absolute Gasteiger partial charge is 0.302 e. The van der Waals surface area contributed by atoms with E-state index in [-0.39, 0.29) is 16.6 Å². The zero-order valence-corrected chi connectivity index (χ0v) is 14.7. The van der Waals surface area contributed by atoms with E-state index in [1.807, 2.05) is 26.0 Å². The van der Waals surface area contributed by atoms with Crippen LogP contribution in [-0.2, 0) is 14.4 Å². The molecule has 128 valence electrons. The van der Waals surface area contributed by atoms with Crippen molar-refractivity contribution in [2.24, 2.45) is 11.0 Å². The van der Waals surface area contributed by atoms with Gasteiger partial charge in [0.15, 0.2) is 5.11 Å². The summed E-state index contributed by atoms with van der Waals surface area (Å²) in [5.74, 6) is -2.64. The van der Waals surface area contributed by atoms with Crippen LogP contribution < -0.4 is 15.6 Å². The molecule has 3 rings (SSSR count). The number of hydrogen-bond donors (Lipinski definition) is 2. The molecule has 3 amide bonds. The molecule has 2 heterocycles. The summed E-state index contributed by atoms with van der Waals surface area (Å²) in [6.07, 6.45) is 1.33. The molecule has 0 saturated carbocycles. The van der Waals surface area contributed by atoms with Crippen molar-refractivity contribution >= 4 is 46.5 Å². The van der Waals surface area contributed by atoms with E-state index >= 15 is 0 Å². The van der Waals surface area contributed by atoms with E-state index < -0.39 is 17.7 Å². The molecular weight excluding hydrogens is 340 g/mol. The number of aryl methyl sites for hydroxylation is 2. The van der Waals surface area contributed by atoms with Crippen LogP contribution >= 0.6 is 12.2 Å². The van der Waals surface area contributed by atoms with E-state index in [2.05, 4.69) is 15.7 Å². The molecule has 0 atom stereocenters. The van der Waals surface area contributed by atoms with Crippen molar-refractivity contribution in [3.05, 3.63) is 41.0 Å². The van der Waals surface area contributed by atoms with Gasteiger partial charge < -0.3 is 10.6 Å². The normalized spacial score (nSPS) is 20.0. The number of anilines is 1. The van der Waals surface area contributed by atoms with Gasteiger partial charge in [0.25, 0.3) is 5.91 Å². The standard InChI is InChI=1S/C17H16N4O3S/c1-8-4-5-11(6-9(8)2)21-16(24)12(10(3)20-21)7-13-14(22)18-17(25)19-15(13)23/h4-7,13H,1-3H3,(H2,18,19,22,23,25)/b12-7-. The Labute approximate surface area is 149 Å². The molecule has 25 heavy (non-hydrogen) atoms. The van der Waals surface area contributed by atoms with Crippen molar-refractivity contribution in [3.63, 3.8) is 0 Å². The summed E-state index contributed by atoms with van der Waals surface area (Å²) < 4.78 is 0. The van der Waals surface area contributed by atoms with Gasteiger partial charge >= 0.3 is 0 Å². The van der Waals surface area contributed by atoms with Crippen molar-refractivity contribution in [3.8, 4) is 0 Å². The quantitative estimate of drug-likeness (QED) is 0.472. The lowest BCUT2D eigenvalue weighted by atomic mass is 10.00. The van der Waals surface area contributed by atoms with E-state index in [0.717, 1.165) is 11.1 Å². The first-order chi connectivity index (χ1) is 11.8. The van der Waals surface area contributed by atoms with Crippen LogP contribution in [-0.4, -0.2) is 28.5 Å². The fourth-order valence-corrected chi connectivity index (χ4v) is 2.79. The zero-order chi connectivity index (χ0) is 18.3. The average molecular weight is 356 g/mol. The van der Waals surface area contributed by atoms with Gasteiger partial charge in [-0.3, -0.25) is 14.4 Å². The molecule has 2 aliphatic rings. The van der Waals surface area contributed by atoms with Gasteiger partial charge in [0.1, 0.15) is 5.92 Å². The van der Waals surface area contributed by atoms with Crippen LogP contribution in [0.1, 0.15) is 18.1 Å². The van der Waals surface area contributed by atoms with Gasteiger partial charge in [-0.2, -0.15) is 10.1 Å². The smallest absolute Gasteiger partial charge is 0.280 e. The van der Waals surface area contributed by atoms with E-state index in [1.165, 1.54) is 11.1 Å². The first kappa shape index (κ1) is 17.0. The number of hydrogen-bond acceptors (Lipinski definition) is 5. The molecule has 1 aromatic rings. The maximum atomic E-state index is 12.7. The first-order valence-corrected chi connectivity index (χ1v) is 8.03. The van der Waals surface area contributed by atoms with E-state index in [1.54, 1.807) is 13.0 Å². The Morgan fingerprint density at radius 1 is 1.08 bits per heavy atom. The van der Waals surface area contributed by atoms with Gasteiger partial charge in [0.05, 0.1) is 17.0 Å². The number of carbonyl (C=O) groups is 3. The molecule has 2 N–H and O–H groups in total. The highest BCUT2D eigenvalue weighted by molar-refractivity contribution is 7.80. The van der Waals surface area contributed by atoms with Gasteiger partial charge in [0, 0.05) is 0 Å². The van der Waals surface area contributed by atoms with Crippen LogP contribution in [0.3, 0.4) is 0 Å². The Balaban J connectivity index is 1.92. The third-order valence-corrected chi connectivity index (χ3v) is 4.37. The minimum Gasteiger partial charge on any atom is -0.302 e. The highest BCUT2D eigenvalue weighted by Gasteiger charge is 2.35. The summed E-state index contributed by atoms with van der Waals surface area (Å²) >= 11 is 4.76. The summed E-state index contributed by atoms with van der Waals surface area (Å²) in [4.78, 5) is 36.7. The molecule has 0 aromatic heterocycles. The lowest BCUT2D eigenvalue weighted by Gasteiger charge is -2.20. The van der Waals surface area contributed by atoms with Crippen molar-refractivity contribution in [2.45, 2.75) is 20.8 Å². The highest BCUT2D eigenvalue weighted by atomic mass is 32.1. The van der Waals surface area contributed by atoms with Crippen LogP contribution in [0.15, 0.2) is 34.9 Å². The van der Waals surface area contributed by atoms with E-state index in [4.69, 9.17) is 12.2 Å². The Morgan fingerprint density at radius 3 is 2.32 bits per heavy atom. The molecule has 1 saturated heterocycles. The maximum absolute atomic E-state index is 12.7. The lowest BCUT2D eigenvalue weighted by molar-refractivity contribution is -0.132. The topological polar surface area (TPSA) is 90.9 Å². The van der Waals surface area contributed by atoms with Gasteiger partial charge in [0.2, 0.25) is 11.8 Å². The maximum Gasteiger partial charge on any atom is 0.280 e. The van der Waals surface area contributed by atoms with Gasteiger partial charge in [-0.1, -0.05) is 6.07 Å². The molecule has 0 unspecified atom stereocenters. The van der Waals surface area contributed by atoms with Crippen LogP contribution in [0.2, 0.25) is 0 Å². The second kappa shape index (κ2) is 6.21. The first-order valence-electron chi connectivity index (χ1n) is 7.62. The van der Waals surface area contributed by atoms with Crippen LogP contribution in [0.5, 0.6) is 0 Å². The number of rotatable bonds is 2. The Hall–Kier alpha value is -2.87. The summed E-state index contributed by atoms with van der Waals surface area (Å²) in [5, 5.41) is 10.2. The zero-order valence-electron chi connectivity index (χ0n) is 13.9. The van der Waals surface area contributed by atoms with Gasteiger partial charge in [-0.05, 0) is 62.3 Å². The van der Waals surface area contributed by atoms with Crippen LogP contribution in [0.4, 0.5) is 5.69 Å². The van der Waals surface area contributed by atoms with Crippen LogP contribution in [0, 0.1) is 19.8 Å². The molecule has 1 aromatic carbocycles. The minimum absolute atomic E-state index is 0.0375. The number of hydrazone groups is 1. The summed E-state index contributed by atoms with van der Waals surface area (Å²) in [6.45, 7) is 5.59. The van der Waals surface area contributed by atoms with Crippen LogP contribution in [0.25, 0.3) is 0 Å². The number of carbonyl (C=O) groups excluding carboxylic acids is 3. The van der Waals surface area contributed by atoms with Gasteiger partial charge in [-0.25, -0.2) is 0 Å². The molecule has 0 aliphatic carbocycles.